The first-order chi connectivity index (χ1) is 12.3. The van der Waals surface area contributed by atoms with E-state index < -0.39 is 8.32 Å². The van der Waals surface area contributed by atoms with Crippen LogP contribution in [0.1, 0.15) is 40.0 Å². The van der Waals surface area contributed by atoms with Crippen LogP contribution in [0.5, 0.6) is 0 Å². The SMILES string of the molecule is CC(C)(C)[Si](C)(C)OCCOCCOCCOCCOC1CCCCO1. The summed E-state index contributed by atoms with van der Waals surface area (Å²) < 4.78 is 33.6. The molecule has 0 radical (unpaired) electrons. The minimum atomic E-state index is -1.66. The topological polar surface area (TPSA) is 55.4 Å². The van der Waals surface area contributed by atoms with Crippen LogP contribution in [0.3, 0.4) is 0 Å². The third kappa shape index (κ3) is 11.0. The Balaban J connectivity index is 1.79. The molecule has 1 heterocycles. The minimum Gasteiger partial charge on any atom is -0.414 e. The standard InChI is InChI=1S/C19H40O6Si/c1-19(2,3)26(4,5)25-17-15-22-13-11-20-10-12-21-14-16-24-18-8-6-7-9-23-18/h18H,6-17H2,1-5H3. The first kappa shape index (κ1) is 24.0. The summed E-state index contributed by atoms with van der Waals surface area (Å²) in [4.78, 5) is 0. The summed E-state index contributed by atoms with van der Waals surface area (Å²) in [5.41, 5.74) is 0. The molecule has 1 saturated heterocycles. The molecule has 0 bridgehead atoms. The Labute approximate surface area is 160 Å². The molecule has 0 spiro atoms. The zero-order chi connectivity index (χ0) is 19.3. The normalized spacial score (nSPS) is 19.0. The lowest BCUT2D eigenvalue weighted by Gasteiger charge is -2.36. The van der Waals surface area contributed by atoms with Gasteiger partial charge in [-0.05, 0) is 37.4 Å². The fourth-order valence-electron chi connectivity index (χ4n) is 2.20. The van der Waals surface area contributed by atoms with Crippen molar-refractivity contribution in [1.29, 1.82) is 0 Å². The molecule has 0 aromatic carbocycles. The summed E-state index contributed by atoms with van der Waals surface area (Å²) in [5, 5.41) is 0.241. The highest BCUT2D eigenvalue weighted by molar-refractivity contribution is 6.74. The summed E-state index contributed by atoms with van der Waals surface area (Å²) in [5.74, 6) is 0. The van der Waals surface area contributed by atoms with E-state index in [0.717, 1.165) is 19.4 Å². The maximum absolute atomic E-state index is 6.05. The van der Waals surface area contributed by atoms with Crippen LogP contribution in [0, 0.1) is 0 Å². The van der Waals surface area contributed by atoms with Gasteiger partial charge >= 0.3 is 0 Å². The highest BCUT2D eigenvalue weighted by atomic mass is 28.4. The zero-order valence-corrected chi connectivity index (χ0v) is 18.5. The number of ether oxygens (including phenoxy) is 5. The lowest BCUT2D eigenvalue weighted by molar-refractivity contribution is -0.169. The lowest BCUT2D eigenvalue weighted by atomic mass is 10.2. The number of hydrogen-bond donors (Lipinski definition) is 0. The van der Waals surface area contributed by atoms with Crippen molar-refractivity contribution in [2.75, 3.05) is 59.5 Å². The molecule has 1 unspecified atom stereocenters. The molecule has 0 aromatic heterocycles. The smallest absolute Gasteiger partial charge is 0.192 e. The zero-order valence-electron chi connectivity index (χ0n) is 17.5. The Morgan fingerprint density at radius 1 is 0.808 bits per heavy atom. The van der Waals surface area contributed by atoms with Gasteiger partial charge in [-0.25, -0.2) is 0 Å². The predicted molar refractivity (Wildman–Crippen MR) is 105 cm³/mol. The van der Waals surface area contributed by atoms with E-state index in [1.54, 1.807) is 0 Å². The Morgan fingerprint density at radius 3 is 1.85 bits per heavy atom. The van der Waals surface area contributed by atoms with Gasteiger partial charge in [0.1, 0.15) is 0 Å². The van der Waals surface area contributed by atoms with Gasteiger partial charge in [-0.2, -0.15) is 0 Å². The van der Waals surface area contributed by atoms with Crippen LogP contribution in [-0.4, -0.2) is 74.1 Å². The van der Waals surface area contributed by atoms with E-state index in [2.05, 4.69) is 33.9 Å². The van der Waals surface area contributed by atoms with Crippen molar-refractivity contribution in [3.05, 3.63) is 0 Å². The van der Waals surface area contributed by atoms with Crippen LogP contribution < -0.4 is 0 Å². The summed E-state index contributed by atoms with van der Waals surface area (Å²) in [6.45, 7) is 16.8. The van der Waals surface area contributed by atoms with Crippen LogP contribution in [0.4, 0.5) is 0 Å². The Kier molecular flexibility index (Phi) is 12.2. The van der Waals surface area contributed by atoms with Gasteiger partial charge in [0.15, 0.2) is 14.6 Å². The van der Waals surface area contributed by atoms with Crippen LogP contribution in [0.15, 0.2) is 0 Å². The average molecular weight is 393 g/mol. The van der Waals surface area contributed by atoms with E-state index in [9.17, 15) is 0 Å². The highest BCUT2D eigenvalue weighted by Gasteiger charge is 2.36. The van der Waals surface area contributed by atoms with E-state index in [1.807, 2.05) is 0 Å². The molecule has 1 atom stereocenters. The van der Waals surface area contributed by atoms with Gasteiger partial charge in [-0.3, -0.25) is 0 Å². The molecule has 156 valence electrons. The van der Waals surface area contributed by atoms with Gasteiger partial charge in [0.05, 0.1) is 52.9 Å². The molecule has 6 nitrogen and oxygen atoms in total. The first-order valence-corrected chi connectivity index (χ1v) is 12.8. The maximum Gasteiger partial charge on any atom is 0.192 e. The summed E-state index contributed by atoms with van der Waals surface area (Å²) in [6, 6.07) is 0. The van der Waals surface area contributed by atoms with Gasteiger partial charge in [0.25, 0.3) is 0 Å². The van der Waals surface area contributed by atoms with Crippen molar-refractivity contribution in [1.82, 2.24) is 0 Å². The van der Waals surface area contributed by atoms with E-state index in [1.165, 1.54) is 6.42 Å². The van der Waals surface area contributed by atoms with Crippen molar-refractivity contribution in [2.45, 2.75) is 64.5 Å². The van der Waals surface area contributed by atoms with Crippen LogP contribution in [0.25, 0.3) is 0 Å². The monoisotopic (exact) mass is 392 g/mol. The Morgan fingerprint density at radius 2 is 1.35 bits per heavy atom. The second kappa shape index (κ2) is 13.2. The Bertz CT molecular complexity index is 339. The molecule has 7 heteroatoms. The largest absolute Gasteiger partial charge is 0.414 e. The third-order valence-electron chi connectivity index (χ3n) is 4.91. The summed E-state index contributed by atoms with van der Waals surface area (Å²) in [6.07, 6.45) is 3.27. The second-order valence-electron chi connectivity index (χ2n) is 8.11. The van der Waals surface area contributed by atoms with E-state index >= 15 is 0 Å². The van der Waals surface area contributed by atoms with Gasteiger partial charge in [0, 0.05) is 6.61 Å². The molecule has 1 aliphatic heterocycles. The van der Waals surface area contributed by atoms with Gasteiger partial charge in [0.2, 0.25) is 0 Å². The van der Waals surface area contributed by atoms with Gasteiger partial charge < -0.3 is 28.1 Å². The molecule has 1 aliphatic rings. The van der Waals surface area contributed by atoms with Crippen LogP contribution >= 0.6 is 0 Å². The number of hydrogen-bond acceptors (Lipinski definition) is 6. The predicted octanol–water partition coefficient (Wildman–Crippen LogP) is 3.60. The van der Waals surface area contributed by atoms with Crippen LogP contribution in [0.2, 0.25) is 18.1 Å². The molecular formula is C19H40O6Si. The van der Waals surface area contributed by atoms with Crippen molar-refractivity contribution in [3.63, 3.8) is 0 Å². The molecule has 1 rings (SSSR count). The van der Waals surface area contributed by atoms with Gasteiger partial charge in [-0.1, -0.05) is 20.8 Å². The van der Waals surface area contributed by atoms with Crippen molar-refractivity contribution < 1.29 is 28.1 Å². The van der Waals surface area contributed by atoms with Gasteiger partial charge in [-0.15, -0.1) is 0 Å². The molecule has 26 heavy (non-hydrogen) atoms. The summed E-state index contributed by atoms with van der Waals surface area (Å²) in [7, 11) is -1.66. The lowest BCUT2D eigenvalue weighted by Crippen LogP contribution is -2.41. The molecule has 0 saturated carbocycles. The molecule has 1 fully saturated rings. The van der Waals surface area contributed by atoms with E-state index in [4.69, 9.17) is 28.1 Å². The molecular weight excluding hydrogens is 352 g/mol. The molecule has 0 aromatic rings. The molecule has 0 N–H and O–H groups in total. The maximum atomic E-state index is 6.05. The van der Waals surface area contributed by atoms with Crippen LogP contribution in [-0.2, 0) is 28.1 Å². The molecule has 0 amide bonds. The Hall–Kier alpha value is -0.0231. The molecule has 0 aliphatic carbocycles. The van der Waals surface area contributed by atoms with Crippen molar-refractivity contribution in [3.8, 4) is 0 Å². The first-order valence-electron chi connectivity index (χ1n) is 9.93. The van der Waals surface area contributed by atoms with Crippen molar-refractivity contribution >= 4 is 8.32 Å². The average Bonchev–Trinajstić information content (AvgIpc) is 2.59. The second-order valence-corrected chi connectivity index (χ2v) is 12.9. The fourth-order valence-corrected chi connectivity index (χ4v) is 3.22. The number of rotatable bonds is 14. The summed E-state index contributed by atoms with van der Waals surface area (Å²) >= 11 is 0. The highest BCUT2D eigenvalue weighted by Crippen LogP contribution is 2.36. The quantitative estimate of drug-likeness (QED) is 0.332. The van der Waals surface area contributed by atoms with E-state index in [0.29, 0.717) is 52.9 Å². The van der Waals surface area contributed by atoms with Crippen molar-refractivity contribution in [2.24, 2.45) is 0 Å². The third-order valence-corrected chi connectivity index (χ3v) is 9.45. The minimum absolute atomic E-state index is 0.0404. The van der Waals surface area contributed by atoms with E-state index in [-0.39, 0.29) is 11.3 Å². The fraction of sp³-hybridized carbons (Fsp3) is 1.00.